The van der Waals surface area contributed by atoms with Gasteiger partial charge in [0.05, 0.1) is 6.54 Å². The highest BCUT2D eigenvalue weighted by molar-refractivity contribution is 6.00. The maximum absolute atomic E-state index is 12.6. The van der Waals surface area contributed by atoms with Crippen LogP contribution in [-0.4, -0.2) is 41.9 Å². The molecule has 1 aliphatic heterocycles. The van der Waals surface area contributed by atoms with Crippen molar-refractivity contribution < 1.29 is 14.7 Å². The zero-order valence-electron chi connectivity index (χ0n) is 16.9. The van der Waals surface area contributed by atoms with Crippen molar-refractivity contribution in [3.63, 3.8) is 0 Å². The SMILES string of the molecule is O=C(NC(Cc1ccccc1)C(=O)O)c1ccc(-c2ccc(C3=NCCN3)cc2)cc1. The quantitative estimate of drug-likeness (QED) is 0.555. The summed E-state index contributed by atoms with van der Waals surface area (Å²) in [7, 11) is 0. The zero-order chi connectivity index (χ0) is 21.6. The third kappa shape index (κ3) is 4.98. The Morgan fingerprint density at radius 3 is 2.10 bits per heavy atom. The van der Waals surface area contributed by atoms with Gasteiger partial charge >= 0.3 is 5.97 Å². The van der Waals surface area contributed by atoms with Gasteiger partial charge in [0.1, 0.15) is 11.9 Å². The molecule has 0 aliphatic carbocycles. The van der Waals surface area contributed by atoms with E-state index < -0.39 is 17.9 Å². The lowest BCUT2D eigenvalue weighted by molar-refractivity contribution is -0.139. The first kappa shape index (κ1) is 20.3. The molecule has 6 heteroatoms. The number of nitrogens with zero attached hydrogens (tertiary/aromatic N) is 1. The maximum Gasteiger partial charge on any atom is 0.326 e. The van der Waals surface area contributed by atoms with E-state index in [1.165, 1.54) is 0 Å². The first-order valence-electron chi connectivity index (χ1n) is 10.2. The lowest BCUT2D eigenvalue weighted by atomic mass is 10.0. The minimum absolute atomic E-state index is 0.229. The van der Waals surface area contributed by atoms with E-state index in [1.807, 2.05) is 66.7 Å². The van der Waals surface area contributed by atoms with Gasteiger partial charge in [0, 0.05) is 24.1 Å². The summed E-state index contributed by atoms with van der Waals surface area (Å²) in [5.41, 5.74) is 4.33. The highest BCUT2D eigenvalue weighted by atomic mass is 16.4. The Labute approximate surface area is 180 Å². The molecule has 0 bridgehead atoms. The maximum atomic E-state index is 12.6. The second kappa shape index (κ2) is 9.26. The molecule has 1 aliphatic rings. The largest absolute Gasteiger partial charge is 0.480 e. The summed E-state index contributed by atoms with van der Waals surface area (Å²) in [5.74, 6) is -0.548. The molecule has 1 heterocycles. The van der Waals surface area contributed by atoms with Crippen LogP contribution in [0.3, 0.4) is 0 Å². The third-order valence-electron chi connectivity index (χ3n) is 5.20. The van der Waals surface area contributed by atoms with Gasteiger partial charge in [0.2, 0.25) is 0 Å². The minimum atomic E-state index is -1.06. The molecule has 1 atom stereocenters. The molecule has 3 N–H and O–H groups in total. The van der Waals surface area contributed by atoms with Gasteiger partial charge in [-0.2, -0.15) is 0 Å². The number of nitrogens with one attached hydrogen (secondary N) is 2. The van der Waals surface area contributed by atoms with Gasteiger partial charge in [-0.1, -0.05) is 66.7 Å². The number of carbonyl (C=O) groups excluding carboxylic acids is 1. The topological polar surface area (TPSA) is 90.8 Å². The number of carboxylic acid groups (broad SMARTS) is 1. The summed E-state index contributed by atoms with van der Waals surface area (Å²) in [5, 5.41) is 15.4. The van der Waals surface area contributed by atoms with Crippen LogP contribution in [0.4, 0.5) is 0 Å². The standard InChI is InChI=1S/C25H23N3O3/c29-24(28-22(25(30)31)16-17-4-2-1-3-5-17)21-12-8-19(9-13-21)18-6-10-20(11-7-18)23-26-14-15-27-23/h1-13,22H,14-16H2,(H,26,27)(H,28,29)(H,30,31). The van der Waals surface area contributed by atoms with Crippen molar-refractivity contribution in [2.45, 2.75) is 12.5 Å². The van der Waals surface area contributed by atoms with Crippen molar-refractivity contribution in [3.05, 3.63) is 95.6 Å². The van der Waals surface area contributed by atoms with Crippen molar-refractivity contribution in [1.82, 2.24) is 10.6 Å². The van der Waals surface area contributed by atoms with Crippen molar-refractivity contribution in [2.75, 3.05) is 13.1 Å². The summed E-state index contributed by atoms with van der Waals surface area (Å²) < 4.78 is 0. The van der Waals surface area contributed by atoms with Crippen LogP contribution in [0, 0.1) is 0 Å². The van der Waals surface area contributed by atoms with Crippen molar-refractivity contribution in [3.8, 4) is 11.1 Å². The van der Waals surface area contributed by atoms with Gasteiger partial charge in [-0.25, -0.2) is 4.79 Å². The fourth-order valence-corrected chi connectivity index (χ4v) is 3.52. The van der Waals surface area contributed by atoms with Crippen molar-refractivity contribution >= 4 is 17.7 Å². The highest BCUT2D eigenvalue weighted by Crippen LogP contribution is 2.21. The van der Waals surface area contributed by atoms with E-state index in [1.54, 1.807) is 12.1 Å². The molecule has 0 saturated carbocycles. The number of hydrogen-bond donors (Lipinski definition) is 3. The second-order valence-electron chi connectivity index (χ2n) is 7.37. The second-order valence-corrected chi connectivity index (χ2v) is 7.37. The van der Waals surface area contributed by atoms with Crippen LogP contribution in [0.5, 0.6) is 0 Å². The molecule has 6 nitrogen and oxygen atoms in total. The van der Waals surface area contributed by atoms with E-state index in [2.05, 4.69) is 15.6 Å². The molecule has 0 saturated heterocycles. The van der Waals surface area contributed by atoms with E-state index in [0.29, 0.717) is 5.56 Å². The Bertz CT molecular complexity index is 1090. The predicted molar refractivity (Wildman–Crippen MR) is 120 cm³/mol. The fraction of sp³-hybridized carbons (Fsp3) is 0.160. The summed E-state index contributed by atoms with van der Waals surface area (Å²) in [4.78, 5) is 28.6. The molecule has 156 valence electrons. The molecule has 3 aromatic rings. The number of aliphatic imine (C=N–C) groups is 1. The molecule has 4 rings (SSSR count). The monoisotopic (exact) mass is 413 g/mol. The number of rotatable bonds is 7. The van der Waals surface area contributed by atoms with E-state index in [4.69, 9.17) is 0 Å². The van der Waals surface area contributed by atoms with Gasteiger partial charge in [-0.3, -0.25) is 9.79 Å². The van der Waals surface area contributed by atoms with E-state index in [-0.39, 0.29) is 6.42 Å². The van der Waals surface area contributed by atoms with Crippen LogP contribution < -0.4 is 10.6 Å². The number of amides is 1. The van der Waals surface area contributed by atoms with E-state index in [9.17, 15) is 14.7 Å². The molecule has 0 radical (unpaired) electrons. The Balaban J connectivity index is 1.43. The summed E-state index contributed by atoms with van der Waals surface area (Å²) >= 11 is 0. The van der Waals surface area contributed by atoms with Crippen LogP contribution >= 0.6 is 0 Å². The highest BCUT2D eigenvalue weighted by Gasteiger charge is 2.21. The smallest absolute Gasteiger partial charge is 0.326 e. The fourth-order valence-electron chi connectivity index (χ4n) is 3.52. The van der Waals surface area contributed by atoms with Crippen LogP contribution in [0.1, 0.15) is 21.5 Å². The molecule has 0 fully saturated rings. The van der Waals surface area contributed by atoms with E-state index >= 15 is 0 Å². The molecular formula is C25H23N3O3. The first-order chi connectivity index (χ1) is 15.1. The number of carbonyl (C=O) groups is 2. The average Bonchev–Trinajstić information content (AvgIpc) is 3.34. The lowest BCUT2D eigenvalue weighted by Crippen LogP contribution is -2.42. The van der Waals surface area contributed by atoms with Gasteiger partial charge in [-0.05, 0) is 28.8 Å². The minimum Gasteiger partial charge on any atom is -0.480 e. The molecule has 31 heavy (non-hydrogen) atoms. The van der Waals surface area contributed by atoms with Gasteiger partial charge in [0.15, 0.2) is 0 Å². The molecule has 0 aromatic heterocycles. The number of aliphatic carboxylic acids is 1. The van der Waals surface area contributed by atoms with Gasteiger partial charge < -0.3 is 15.7 Å². The Morgan fingerprint density at radius 2 is 1.52 bits per heavy atom. The number of carboxylic acids is 1. The first-order valence-corrected chi connectivity index (χ1v) is 10.2. The normalized spacial score (nSPS) is 13.7. The molecule has 1 unspecified atom stereocenters. The number of benzene rings is 3. The third-order valence-corrected chi connectivity index (χ3v) is 5.20. The van der Waals surface area contributed by atoms with Crippen molar-refractivity contribution in [2.24, 2.45) is 4.99 Å². The van der Waals surface area contributed by atoms with Crippen LogP contribution in [0.25, 0.3) is 11.1 Å². The number of amidine groups is 1. The van der Waals surface area contributed by atoms with Crippen LogP contribution in [0.2, 0.25) is 0 Å². The molecule has 3 aromatic carbocycles. The Kier molecular flexibility index (Phi) is 6.08. The Morgan fingerprint density at radius 1 is 0.903 bits per heavy atom. The van der Waals surface area contributed by atoms with Gasteiger partial charge in [-0.15, -0.1) is 0 Å². The summed E-state index contributed by atoms with van der Waals surface area (Å²) in [6, 6.07) is 23.5. The zero-order valence-corrected chi connectivity index (χ0v) is 16.9. The molecule has 0 spiro atoms. The lowest BCUT2D eigenvalue weighted by Gasteiger charge is -2.15. The van der Waals surface area contributed by atoms with Gasteiger partial charge in [0.25, 0.3) is 5.91 Å². The van der Waals surface area contributed by atoms with Crippen LogP contribution in [0.15, 0.2) is 83.9 Å². The summed E-state index contributed by atoms with van der Waals surface area (Å²) in [6.45, 7) is 1.67. The van der Waals surface area contributed by atoms with Crippen LogP contribution in [-0.2, 0) is 11.2 Å². The molecule has 1 amide bonds. The molecular weight excluding hydrogens is 390 g/mol. The summed E-state index contributed by atoms with van der Waals surface area (Å²) in [6.07, 6.45) is 0.229. The Hall–Kier alpha value is -3.93. The number of hydrogen-bond acceptors (Lipinski definition) is 4. The predicted octanol–water partition coefficient (Wildman–Crippen LogP) is 3.13. The average molecular weight is 413 g/mol. The van der Waals surface area contributed by atoms with E-state index in [0.717, 1.165) is 41.2 Å². The van der Waals surface area contributed by atoms with Crippen molar-refractivity contribution in [1.29, 1.82) is 0 Å².